The number of carbonyl (C=O) groups excluding carboxylic acids is 2. The third kappa shape index (κ3) is 4.07. The number of hydrogen-bond acceptors (Lipinski definition) is 6. The van der Waals surface area contributed by atoms with Crippen LogP contribution >= 0.6 is 11.8 Å². The molecule has 19 heavy (non-hydrogen) atoms. The van der Waals surface area contributed by atoms with Gasteiger partial charge in [0.05, 0.1) is 19.1 Å². The molecule has 106 valence electrons. The van der Waals surface area contributed by atoms with Crippen LogP contribution in [0.1, 0.15) is 12.6 Å². The molecule has 7 heteroatoms. The summed E-state index contributed by atoms with van der Waals surface area (Å²) in [6, 6.07) is -0.411. The number of esters is 1. The number of aromatic nitrogens is 2. The SMILES string of the molecule is COC(=O)[C@H](Cc1ncn(C)c1SC(C)=O)N(C)C. The summed E-state index contributed by atoms with van der Waals surface area (Å²) < 4.78 is 6.57. The number of hydrogen-bond donors (Lipinski definition) is 0. The standard InChI is InChI=1S/C12H19N3O3S/c1-8(16)19-11-9(13-7-15(11)4)6-10(14(2)3)12(17)18-5/h7,10H,6H2,1-5H3/t10-/m0/s1. The van der Waals surface area contributed by atoms with E-state index in [9.17, 15) is 9.59 Å². The molecule has 0 aliphatic heterocycles. The number of rotatable bonds is 5. The highest BCUT2D eigenvalue weighted by Gasteiger charge is 2.25. The van der Waals surface area contributed by atoms with Gasteiger partial charge in [-0.15, -0.1) is 0 Å². The first-order valence-electron chi connectivity index (χ1n) is 5.79. The predicted molar refractivity (Wildman–Crippen MR) is 72.9 cm³/mol. The van der Waals surface area contributed by atoms with E-state index in [-0.39, 0.29) is 11.1 Å². The molecule has 0 aliphatic carbocycles. The Morgan fingerprint density at radius 2 is 2.16 bits per heavy atom. The first kappa shape index (κ1) is 15.7. The van der Waals surface area contributed by atoms with Gasteiger partial charge in [0.1, 0.15) is 11.1 Å². The highest BCUT2D eigenvalue weighted by Crippen LogP contribution is 2.23. The maximum Gasteiger partial charge on any atom is 0.323 e. The van der Waals surface area contributed by atoms with Crippen LogP contribution in [0.2, 0.25) is 0 Å². The van der Waals surface area contributed by atoms with E-state index in [1.54, 1.807) is 15.8 Å². The Bertz CT molecular complexity index is 471. The number of aryl methyl sites for hydroxylation is 1. The molecule has 0 fully saturated rings. The lowest BCUT2D eigenvalue weighted by Gasteiger charge is -2.21. The van der Waals surface area contributed by atoms with Crippen LogP contribution < -0.4 is 0 Å². The fourth-order valence-corrected chi connectivity index (χ4v) is 2.39. The van der Waals surface area contributed by atoms with Gasteiger partial charge in [0.2, 0.25) is 0 Å². The van der Waals surface area contributed by atoms with Gasteiger partial charge in [0.25, 0.3) is 0 Å². The lowest BCUT2D eigenvalue weighted by atomic mass is 10.1. The van der Waals surface area contributed by atoms with Crippen LogP contribution in [-0.4, -0.2) is 52.8 Å². The molecule has 0 amide bonds. The molecule has 1 rings (SSSR count). The van der Waals surface area contributed by atoms with E-state index < -0.39 is 6.04 Å². The van der Waals surface area contributed by atoms with Crippen LogP contribution in [0.25, 0.3) is 0 Å². The summed E-state index contributed by atoms with van der Waals surface area (Å²) in [5.74, 6) is -0.311. The van der Waals surface area contributed by atoms with Gasteiger partial charge in [-0.25, -0.2) is 4.98 Å². The first-order valence-corrected chi connectivity index (χ1v) is 6.61. The number of thioether (sulfide) groups is 1. The Labute approximate surface area is 117 Å². The molecular weight excluding hydrogens is 266 g/mol. The largest absolute Gasteiger partial charge is 0.468 e. The van der Waals surface area contributed by atoms with Gasteiger partial charge < -0.3 is 9.30 Å². The first-order chi connectivity index (χ1) is 8.86. The monoisotopic (exact) mass is 285 g/mol. The van der Waals surface area contributed by atoms with Crippen LogP contribution in [0.5, 0.6) is 0 Å². The van der Waals surface area contributed by atoms with E-state index >= 15 is 0 Å². The Balaban J connectivity index is 2.97. The normalized spacial score (nSPS) is 12.5. The van der Waals surface area contributed by atoms with E-state index in [0.717, 1.165) is 22.5 Å². The Hall–Kier alpha value is -1.34. The van der Waals surface area contributed by atoms with Gasteiger partial charge in [0.15, 0.2) is 5.12 Å². The van der Waals surface area contributed by atoms with Crippen molar-refractivity contribution in [2.75, 3.05) is 21.2 Å². The zero-order chi connectivity index (χ0) is 14.6. The molecule has 0 saturated carbocycles. The second kappa shape index (κ2) is 6.72. The molecule has 0 aromatic carbocycles. The van der Waals surface area contributed by atoms with Gasteiger partial charge in [-0.05, 0) is 25.9 Å². The molecule has 0 radical (unpaired) electrons. The summed E-state index contributed by atoms with van der Waals surface area (Å²) in [5.41, 5.74) is 0.729. The van der Waals surface area contributed by atoms with Crippen molar-refractivity contribution < 1.29 is 14.3 Å². The summed E-state index contributed by atoms with van der Waals surface area (Å²) >= 11 is 1.12. The van der Waals surface area contributed by atoms with Crippen LogP contribution in [0.4, 0.5) is 0 Å². The number of imidazole rings is 1. The molecule has 0 spiro atoms. The number of methoxy groups -OCH3 is 1. The van der Waals surface area contributed by atoms with E-state index in [2.05, 4.69) is 4.98 Å². The van der Waals surface area contributed by atoms with Gasteiger partial charge in [-0.1, -0.05) is 0 Å². The number of carbonyl (C=O) groups is 2. The molecule has 0 bridgehead atoms. The van der Waals surface area contributed by atoms with E-state index in [1.807, 2.05) is 21.1 Å². The summed E-state index contributed by atoms with van der Waals surface area (Å²) in [5, 5.41) is 0.757. The van der Waals surface area contributed by atoms with Crippen LogP contribution in [0, 0.1) is 0 Å². The predicted octanol–water partition coefficient (Wildman–Crippen LogP) is 0.704. The Kier molecular flexibility index (Phi) is 5.56. The van der Waals surface area contributed by atoms with Crippen molar-refractivity contribution in [2.24, 2.45) is 7.05 Å². The molecule has 6 nitrogen and oxygen atoms in total. The topological polar surface area (TPSA) is 64.4 Å². The van der Waals surface area contributed by atoms with E-state index in [0.29, 0.717) is 6.42 Å². The summed E-state index contributed by atoms with van der Waals surface area (Å²) in [6.45, 7) is 1.51. The minimum atomic E-state index is -0.411. The molecule has 0 unspecified atom stereocenters. The Morgan fingerprint density at radius 3 is 2.63 bits per heavy atom. The highest BCUT2D eigenvalue weighted by molar-refractivity contribution is 8.13. The second-order valence-corrected chi connectivity index (χ2v) is 5.57. The van der Waals surface area contributed by atoms with Crippen LogP contribution in [-0.2, 0) is 27.8 Å². The van der Waals surface area contributed by atoms with E-state index in [4.69, 9.17) is 4.74 Å². The maximum absolute atomic E-state index is 11.7. The minimum Gasteiger partial charge on any atom is -0.468 e. The summed E-state index contributed by atoms with van der Waals surface area (Å²) in [4.78, 5) is 29.0. The lowest BCUT2D eigenvalue weighted by Crippen LogP contribution is -2.38. The fourth-order valence-electron chi connectivity index (χ4n) is 1.67. The molecule has 1 aromatic rings. The highest BCUT2D eigenvalue weighted by atomic mass is 32.2. The van der Waals surface area contributed by atoms with Gasteiger partial charge >= 0.3 is 5.97 Å². The van der Waals surface area contributed by atoms with Crippen LogP contribution in [0.15, 0.2) is 11.4 Å². The van der Waals surface area contributed by atoms with E-state index in [1.165, 1.54) is 14.0 Å². The smallest absolute Gasteiger partial charge is 0.323 e. The van der Waals surface area contributed by atoms with Crippen molar-refractivity contribution in [3.05, 3.63) is 12.0 Å². The fraction of sp³-hybridized carbons (Fsp3) is 0.583. The minimum absolute atomic E-state index is 0.00989. The van der Waals surface area contributed by atoms with Crippen molar-refractivity contribution >= 4 is 22.8 Å². The third-order valence-corrected chi connectivity index (χ3v) is 3.68. The second-order valence-electron chi connectivity index (χ2n) is 4.41. The van der Waals surface area contributed by atoms with Crippen molar-refractivity contribution in [3.8, 4) is 0 Å². The molecule has 0 saturated heterocycles. The molecule has 0 N–H and O–H groups in total. The van der Waals surface area contributed by atoms with Gasteiger partial charge in [-0.2, -0.15) is 0 Å². The number of nitrogens with zero attached hydrogens (tertiary/aromatic N) is 3. The molecule has 0 aliphatic rings. The molecular formula is C12H19N3O3S. The lowest BCUT2D eigenvalue weighted by molar-refractivity contribution is -0.146. The zero-order valence-corrected chi connectivity index (χ0v) is 12.7. The summed E-state index contributed by atoms with van der Waals surface area (Å²) in [6.07, 6.45) is 2.06. The van der Waals surface area contributed by atoms with Crippen LogP contribution in [0.3, 0.4) is 0 Å². The molecule has 1 atom stereocenters. The Morgan fingerprint density at radius 1 is 1.53 bits per heavy atom. The number of likely N-dealkylation sites (N-methyl/N-ethyl adjacent to an activating group) is 1. The zero-order valence-electron chi connectivity index (χ0n) is 11.8. The summed E-state index contributed by atoms with van der Waals surface area (Å²) in [7, 11) is 6.80. The maximum atomic E-state index is 11.7. The quantitative estimate of drug-likeness (QED) is 0.586. The van der Waals surface area contributed by atoms with Crippen molar-refractivity contribution in [2.45, 2.75) is 24.4 Å². The van der Waals surface area contributed by atoms with Gasteiger partial charge in [0, 0.05) is 20.4 Å². The van der Waals surface area contributed by atoms with Gasteiger partial charge in [-0.3, -0.25) is 14.5 Å². The average Bonchev–Trinajstić information content (AvgIpc) is 2.66. The van der Waals surface area contributed by atoms with Crippen molar-refractivity contribution in [3.63, 3.8) is 0 Å². The van der Waals surface area contributed by atoms with Crippen molar-refractivity contribution in [1.29, 1.82) is 0 Å². The molecule has 1 aromatic heterocycles. The van der Waals surface area contributed by atoms with Crippen molar-refractivity contribution in [1.82, 2.24) is 14.5 Å². The third-order valence-electron chi connectivity index (χ3n) is 2.68. The molecule has 1 heterocycles. The average molecular weight is 285 g/mol. The number of ether oxygens (including phenoxy) is 1.